The molecule has 0 spiro atoms. The van der Waals surface area contributed by atoms with Crippen LogP contribution in [-0.4, -0.2) is 46.4 Å². The van der Waals surface area contributed by atoms with Crippen molar-refractivity contribution in [3.8, 4) is 11.5 Å². The van der Waals surface area contributed by atoms with Crippen LogP contribution in [0.1, 0.15) is 18.1 Å². The third-order valence-corrected chi connectivity index (χ3v) is 6.71. The second-order valence-corrected chi connectivity index (χ2v) is 9.40. The summed E-state index contributed by atoms with van der Waals surface area (Å²) in [7, 11) is 0.372. The summed E-state index contributed by atoms with van der Waals surface area (Å²) in [5.74, 6) is 0.297. The fraction of sp³-hybridized carbons (Fsp3) is 0.350. The van der Waals surface area contributed by atoms with Gasteiger partial charge in [-0.05, 0) is 48.7 Å². The fourth-order valence-electron chi connectivity index (χ4n) is 2.89. The number of rotatable bonds is 8. The van der Waals surface area contributed by atoms with E-state index in [0.717, 1.165) is 26.3 Å². The molecule has 0 unspecified atom stereocenters. The standard InChI is InChI=1S/C20H25BrN2O5S/c1-6-14-10-15(21)9-13(2)20(14)22-19(24)12-23(3)29(25,26)16-7-8-17(27-4)18(11-16)28-5/h7-11H,6,12H2,1-5H3,(H,22,24). The maximum atomic E-state index is 12.9. The molecule has 9 heteroatoms. The van der Waals surface area contributed by atoms with Gasteiger partial charge in [0.25, 0.3) is 0 Å². The van der Waals surface area contributed by atoms with Crippen LogP contribution in [-0.2, 0) is 21.2 Å². The monoisotopic (exact) mass is 484 g/mol. The summed E-state index contributed by atoms with van der Waals surface area (Å²) in [5.41, 5.74) is 2.57. The predicted molar refractivity (Wildman–Crippen MR) is 116 cm³/mol. The van der Waals surface area contributed by atoms with Crippen molar-refractivity contribution in [2.75, 3.05) is 33.1 Å². The van der Waals surface area contributed by atoms with Gasteiger partial charge in [0.15, 0.2) is 11.5 Å². The number of nitrogens with zero attached hydrogens (tertiary/aromatic N) is 1. The van der Waals surface area contributed by atoms with E-state index in [1.807, 2.05) is 26.0 Å². The van der Waals surface area contributed by atoms with Gasteiger partial charge >= 0.3 is 0 Å². The van der Waals surface area contributed by atoms with Crippen molar-refractivity contribution in [2.45, 2.75) is 25.2 Å². The molecule has 29 heavy (non-hydrogen) atoms. The number of methoxy groups -OCH3 is 2. The first-order chi connectivity index (χ1) is 13.6. The van der Waals surface area contributed by atoms with E-state index in [1.54, 1.807) is 0 Å². The van der Waals surface area contributed by atoms with Crippen molar-refractivity contribution in [3.63, 3.8) is 0 Å². The Morgan fingerprint density at radius 1 is 1.14 bits per heavy atom. The molecule has 0 saturated heterocycles. The van der Waals surface area contributed by atoms with Crippen molar-refractivity contribution >= 4 is 37.5 Å². The number of nitrogens with one attached hydrogen (secondary N) is 1. The second-order valence-electron chi connectivity index (χ2n) is 6.44. The maximum absolute atomic E-state index is 12.9. The number of ether oxygens (including phenoxy) is 2. The van der Waals surface area contributed by atoms with Gasteiger partial charge in [-0.3, -0.25) is 4.79 Å². The zero-order chi connectivity index (χ0) is 21.8. The number of amides is 1. The Bertz CT molecular complexity index is 1010. The fourth-order valence-corrected chi connectivity index (χ4v) is 4.66. The molecule has 7 nitrogen and oxygen atoms in total. The average molecular weight is 485 g/mol. The van der Waals surface area contributed by atoms with Gasteiger partial charge in [0.05, 0.1) is 25.7 Å². The van der Waals surface area contributed by atoms with Gasteiger partial charge in [-0.15, -0.1) is 0 Å². The summed E-state index contributed by atoms with van der Waals surface area (Å²) < 4.78 is 38.0. The van der Waals surface area contributed by atoms with Crippen LogP contribution in [0.25, 0.3) is 0 Å². The van der Waals surface area contributed by atoms with Crippen LogP contribution >= 0.6 is 15.9 Å². The van der Waals surface area contributed by atoms with Gasteiger partial charge in [-0.2, -0.15) is 4.31 Å². The highest BCUT2D eigenvalue weighted by Gasteiger charge is 2.25. The number of anilines is 1. The van der Waals surface area contributed by atoms with Gasteiger partial charge in [-0.1, -0.05) is 22.9 Å². The van der Waals surface area contributed by atoms with Gasteiger partial charge in [0.1, 0.15) is 0 Å². The van der Waals surface area contributed by atoms with Gasteiger partial charge in [-0.25, -0.2) is 8.42 Å². The number of likely N-dealkylation sites (N-methyl/N-ethyl adjacent to an activating group) is 1. The largest absolute Gasteiger partial charge is 0.493 e. The van der Waals surface area contributed by atoms with Crippen molar-refractivity contribution < 1.29 is 22.7 Å². The zero-order valence-corrected chi connectivity index (χ0v) is 19.5. The van der Waals surface area contributed by atoms with E-state index in [1.165, 1.54) is 39.5 Å². The molecule has 2 rings (SSSR count). The second kappa shape index (κ2) is 9.60. The molecule has 2 aromatic rings. The molecule has 0 heterocycles. The molecule has 1 amide bonds. The zero-order valence-electron chi connectivity index (χ0n) is 17.1. The minimum Gasteiger partial charge on any atom is -0.493 e. The van der Waals surface area contributed by atoms with Crippen LogP contribution in [0.5, 0.6) is 11.5 Å². The molecule has 0 radical (unpaired) electrons. The van der Waals surface area contributed by atoms with Crippen LogP contribution in [0.2, 0.25) is 0 Å². The molecule has 0 fully saturated rings. The number of hydrogen-bond acceptors (Lipinski definition) is 5. The Balaban J connectivity index is 2.21. The number of aryl methyl sites for hydroxylation is 2. The number of halogens is 1. The molecule has 0 saturated carbocycles. The Hall–Kier alpha value is -2.10. The highest BCUT2D eigenvalue weighted by molar-refractivity contribution is 9.10. The first-order valence-electron chi connectivity index (χ1n) is 8.91. The Morgan fingerprint density at radius 3 is 2.38 bits per heavy atom. The molecule has 0 bridgehead atoms. The summed E-state index contributed by atoms with van der Waals surface area (Å²) in [6, 6.07) is 8.14. The van der Waals surface area contributed by atoms with E-state index in [0.29, 0.717) is 17.2 Å². The Labute approximate surface area is 180 Å². The number of sulfonamides is 1. The molecule has 0 atom stereocenters. The van der Waals surface area contributed by atoms with E-state index in [9.17, 15) is 13.2 Å². The summed E-state index contributed by atoms with van der Waals surface area (Å²) in [6.45, 7) is 3.56. The maximum Gasteiger partial charge on any atom is 0.243 e. The Morgan fingerprint density at radius 2 is 1.79 bits per heavy atom. The average Bonchev–Trinajstić information content (AvgIpc) is 2.68. The summed E-state index contributed by atoms with van der Waals surface area (Å²) in [4.78, 5) is 12.6. The first kappa shape index (κ1) is 23.2. The first-order valence-corrected chi connectivity index (χ1v) is 11.1. The lowest BCUT2D eigenvalue weighted by Gasteiger charge is -2.19. The molecule has 2 aromatic carbocycles. The molecule has 0 aliphatic carbocycles. The van der Waals surface area contributed by atoms with E-state index in [-0.39, 0.29) is 11.4 Å². The van der Waals surface area contributed by atoms with Gasteiger partial charge in [0, 0.05) is 23.3 Å². The number of carbonyl (C=O) groups excluding carboxylic acids is 1. The number of carbonyl (C=O) groups is 1. The topological polar surface area (TPSA) is 84.9 Å². The van der Waals surface area contributed by atoms with Crippen LogP contribution in [0.4, 0.5) is 5.69 Å². The molecule has 0 aliphatic heterocycles. The van der Waals surface area contributed by atoms with Crippen LogP contribution in [0, 0.1) is 6.92 Å². The highest BCUT2D eigenvalue weighted by atomic mass is 79.9. The third kappa shape index (κ3) is 5.29. The lowest BCUT2D eigenvalue weighted by Crippen LogP contribution is -2.35. The lowest BCUT2D eigenvalue weighted by atomic mass is 10.1. The highest BCUT2D eigenvalue weighted by Crippen LogP contribution is 2.30. The molecule has 0 aromatic heterocycles. The molecular weight excluding hydrogens is 460 g/mol. The SMILES string of the molecule is CCc1cc(Br)cc(C)c1NC(=O)CN(C)S(=O)(=O)c1ccc(OC)c(OC)c1. The molecular formula is C20H25BrN2O5S. The van der Waals surface area contributed by atoms with E-state index in [4.69, 9.17) is 9.47 Å². The minimum atomic E-state index is -3.89. The number of hydrogen-bond donors (Lipinski definition) is 1. The van der Waals surface area contributed by atoms with Crippen molar-refractivity contribution in [2.24, 2.45) is 0 Å². The number of benzene rings is 2. The molecule has 158 valence electrons. The van der Waals surface area contributed by atoms with Gasteiger partial charge in [0.2, 0.25) is 15.9 Å². The van der Waals surface area contributed by atoms with E-state index < -0.39 is 15.9 Å². The molecule has 0 aliphatic rings. The predicted octanol–water partition coefficient (Wildman–Crippen LogP) is 3.60. The van der Waals surface area contributed by atoms with Gasteiger partial charge < -0.3 is 14.8 Å². The van der Waals surface area contributed by atoms with E-state index in [2.05, 4.69) is 21.2 Å². The quantitative estimate of drug-likeness (QED) is 0.618. The summed E-state index contributed by atoms with van der Waals surface area (Å²) in [6.07, 6.45) is 0.732. The Kier molecular flexibility index (Phi) is 7.67. The lowest BCUT2D eigenvalue weighted by molar-refractivity contribution is -0.116. The van der Waals surface area contributed by atoms with E-state index >= 15 is 0 Å². The smallest absolute Gasteiger partial charge is 0.243 e. The van der Waals surface area contributed by atoms with Crippen molar-refractivity contribution in [3.05, 3.63) is 45.9 Å². The third-order valence-electron chi connectivity index (χ3n) is 4.46. The van der Waals surface area contributed by atoms with Crippen molar-refractivity contribution in [1.82, 2.24) is 4.31 Å². The summed E-state index contributed by atoms with van der Waals surface area (Å²) >= 11 is 3.45. The summed E-state index contributed by atoms with van der Waals surface area (Å²) in [5, 5.41) is 2.84. The molecule has 1 N–H and O–H groups in total. The normalized spacial score (nSPS) is 11.4. The minimum absolute atomic E-state index is 0.0134. The van der Waals surface area contributed by atoms with Crippen LogP contribution in [0.15, 0.2) is 39.7 Å². The van der Waals surface area contributed by atoms with Crippen LogP contribution in [0.3, 0.4) is 0 Å². The van der Waals surface area contributed by atoms with Crippen LogP contribution < -0.4 is 14.8 Å². The van der Waals surface area contributed by atoms with Crippen molar-refractivity contribution in [1.29, 1.82) is 0 Å².